The first-order valence-electron chi connectivity index (χ1n) is 5.68. The van der Waals surface area contributed by atoms with Gasteiger partial charge < -0.3 is 0 Å². The summed E-state index contributed by atoms with van der Waals surface area (Å²) in [6.45, 7) is 0. The highest BCUT2D eigenvalue weighted by atomic mass is 32.1. The Morgan fingerprint density at radius 2 is 1.33 bits per heavy atom. The molecule has 0 saturated heterocycles. The van der Waals surface area contributed by atoms with Gasteiger partial charge >= 0.3 is 0 Å². The number of hydrogen-bond donors (Lipinski definition) is 1. The average Bonchev–Trinajstić information content (AvgIpc) is 2.83. The molecular formula is C15H11NOS. The lowest BCUT2D eigenvalue weighted by Crippen LogP contribution is -2.01. The van der Waals surface area contributed by atoms with Crippen LogP contribution in [0.15, 0.2) is 65.5 Å². The van der Waals surface area contributed by atoms with E-state index in [0.717, 1.165) is 21.6 Å². The van der Waals surface area contributed by atoms with Gasteiger partial charge in [0.05, 0.1) is 10.4 Å². The lowest BCUT2D eigenvalue weighted by atomic mass is 10.0. The molecule has 1 heterocycles. The molecular weight excluding hydrogens is 242 g/mol. The van der Waals surface area contributed by atoms with Crippen LogP contribution < -0.4 is 5.56 Å². The topological polar surface area (TPSA) is 32.9 Å². The molecule has 2 aromatic carbocycles. The van der Waals surface area contributed by atoms with Crippen molar-refractivity contribution in [3.05, 3.63) is 71.0 Å². The number of rotatable bonds is 2. The van der Waals surface area contributed by atoms with Gasteiger partial charge in [-0.25, -0.2) is 0 Å². The Morgan fingerprint density at radius 3 is 1.94 bits per heavy atom. The standard InChI is InChI=1S/C15H11NOS/c17-15-13(11-7-3-1-4-8-11)14(18-16-15)12-9-5-2-6-10-12/h1-10H,(H,16,17). The van der Waals surface area contributed by atoms with Gasteiger partial charge in [0.2, 0.25) is 0 Å². The molecule has 88 valence electrons. The van der Waals surface area contributed by atoms with E-state index in [1.807, 2.05) is 60.7 Å². The third-order valence-corrected chi connectivity index (χ3v) is 3.73. The molecule has 0 spiro atoms. The van der Waals surface area contributed by atoms with Gasteiger partial charge in [-0.05, 0) is 11.1 Å². The SMILES string of the molecule is O=c1[nH]sc(-c2ccccc2)c1-c1ccccc1. The molecule has 1 aromatic heterocycles. The molecule has 0 radical (unpaired) electrons. The Labute approximate surface area is 109 Å². The van der Waals surface area contributed by atoms with E-state index in [0.29, 0.717) is 0 Å². The van der Waals surface area contributed by atoms with E-state index in [4.69, 9.17) is 0 Å². The summed E-state index contributed by atoms with van der Waals surface area (Å²) < 4.78 is 2.82. The Kier molecular flexibility index (Phi) is 2.82. The smallest absolute Gasteiger partial charge is 0.266 e. The van der Waals surface area contributed by atoms with Gasteiger partial charge in [-0.2, -0.15) is 0 Å². The van der Waals surface area contributed by atoms with Crippen molar-refractivity contribution in [1.29, 1.82) is 0 Å². The van der Waals surface area contributed by atoms with Gasteiger partial charge in [0, 0.05) is 0 Å². The molecule has 0 bridgehead atoms. The summed E-state index contributed by atoms with van der Waals surface area (Å²) in [4.78, 5) is 13.0. The summed E-state index contributed by atoms with van der Waals surface area (Å²) in [6, 6.07) is 19.7. The summed E-state index contributed by atoms with van der Waals surface area (Å²) in [5.74, 6) is 0. The van der Waals surface area contributed by atoms with E-state index in [9.17, 15) is 4.79 Å². The number of H-pyrrole nitrogens is 1. The van der Waals surface area contributed by atoms with Crippen LogP contribution in [0.4, 0.5) is 0 Å². The Morgan fingerprint density at radius 1 is 0.778 bits per heavy atom. The molecule has 0 fully saturated rings. The zero-order valence-electron chi connectivity index (χ0n) is 9.59. The second kappa shape index (κ2) is 4.63. The largest absolute Gasteiger partial charge is 0.277 e. The fraction of sp³-hybridized carbons (Fsp3) is 0. The van der Waals surface area contributed by atoms with E-state index in [-0.39, 0.29) is 5.56 Å². The van der Waals surface area contributed by atoms with Crippen molar-refractivity contribution in [2.24, 2.45) is 0 Å². The van der Waals surface area contributed by atoms with Crippen LogP contribution in [0.3, 0.4) is 0 Å². The molecule has 0 aliphatic carbocycles. The van der Waals surface area contributed by atoms with E-state index in [1.54, 1.807) is 0 Å². The first kappa shape index (κ1) is 11.0. The number of aromatic amines is 1. The van der Waals surface area contributed by atoms with E-state index >= 15 is 0 Å². The average molecular weight is 253 g/mol. The maximum absolute atomic E-state index is 12.0. The zero-order valence-corrected chi connectivity index (χ0v) is 10.4. The van der Waals surface area contributed by atoms with E-state index in [2.05, 4.69) is 4.37 Å². The van der Waals surface area contributed by atoms with Gasteiger partial charge in [0.25, 0.3) is 5.56 Å². The Hall–Kier alpha value is -2.13. The van der Waals surface area contributed by atoms with Crippen LogP contribution in [0.1, 0.15) is 0 Å². The highest BCUT2D eigenvalue weighted by Gasteiger charge is 2.13. The molecule has 2 nitrogen and oxygen atoms in total. The van der Waals surface area contributed by atoms with Crippen molar-refractivity contribution in [3.8, 4) is 21.6 Å². The monoisotopic (exact) mass is 253 g/mol. The quantitative estimate of drug-likeness (QED) is 0.741. The maximum Gasteiger partial charge on any atom is 0.266 e. The van der Waals surface area contributed by atoms with E-state index < -0.39 is 0 Å². The number of aromatic nitrogens is 1. The molecule has 0 atom stereocenters. The Bertz CT molecular complexity index is 698. The van der Waals surface area contributed by atoms with Crippen molar-refractivity contribution in [2.45, 2.75) is 0 Å². The summed E-state index contributed by atoms with van der Waals surface area (Å²) in [7, 11) is 0. The molecule has 0 aliphatic rings. The van der Waals surface area contributed by atoms with Crippen LogP contribution in [-0.2, 0) is 0 Å². The lowest BCUT2D eigenvalue weighted by molar-refractivity contribution is 1.42. The summed E-state index contributed by atoms with van der Waals surface area (Å²) in [5.41, 5.74) is 2.76. The van der Waals surface area contributed by atoms with Crippen molar-refractivity contribution >= 4 is 11.5 Å². The third-order valence-electron chi connectivity index (χ3n) is 2.80. The molecule has 3 heteroatoms. The fourth-order valence-corrected chi connectivity index (χ4v) is 2.83. The van der Waals surface area contributed by atoms with Gasteiger partial charge in [-0.15, -0.1) is 0 Å². The number of benzene rings is 2. The van der Waals surface area contributed by atoms with Crippen molar-refractivity contribution < 1.29 is 0 Å². The highest BCUT2D eigenvalue weighted by molar-refractivity contribution is 7.10. The third kappa shape index (κ3) is 1.89. The van der Waals surface area contributed by atoms with Crippen LogP contribution in [0, 0.1) is 0 Å². The molecule has 0 saturated carbocycles. The van der Waals surface area contributed by atoms with Crippen LogP contribution in [0.5, 0.6) is 0 Å². The predicted octanol–water partition coefficient (Wildman–Crippen LogP) is 3.77. The zero-order chi connectivity index (χ0) is 12.4. The van der Waals surface area contributed by atoms with E-state index in [1.165, 1.54) is 11.5 Å². The van der Waals surface area contributed by atoms with Gasteiger partial charge in [-0.1, -0.05) is 72.2 Å². The van der Waals surface area contributed by atoms with Crippen molar-refractivity contribution in [3.63, 3.8) is 0 Å². The minimum Gasteiger partial charge on any atom is -0.277 e. The second-order valence-corrected chi connectivity index (χ2v) is 4.79. The summed E-state index contributed by atoms with van der Waals surface area (Å²) in [6.07, 6.45) is 0. The molecule has 0 unspecified atom stereocenters. The maximum atomic E-state index is 12.0. The molecule has 3 rings (SSSR count). The van der Waals surface area contributed by atoms with Crippen LogP contribution in [0.25, 0.3) is 21.6 Å². The minimum atomic E-state index is -0.0231. The highest BCUT2D eigenvalue weighted by Crippen LogP contribution is 2.31. The normalized spacial score (nSPS) is 10.4. The van der Waals surface area contributed by atoms with Crippen molar-refractivity contribution in [2.75, 3.05) is 0 Å². The molecule has 0 amide bonds. The number of nitrogens with one attached hydrogen (secondary N) is 1. The lowest BCUT2D eigenvalue weighted by Gasteiger charge is -2.01. The van der Waals surface area contributed by atoms with Gasteiger partial charge in [0.1, 0.15) is 0 Å². The predicted molar refractivity (Wildman–Crippen MR) is 75.8 cm³/mol. The van der Waals surface area contributed by atoms with Gasteiger partial charge in [0.15, 0.2) is 0 Å². The molecule has 0 aliphatic heterocycles. The summed E-state index contributed by atoms with van der Waals surface area (Å²) >= 11 is 1.39. The van der Waals surface area contributed by atoms with Gasteiger partial charge in [-0.3, -0.25) is 9.17 Å². The first-order valence-corrected chi connectivity index (χ1v) is 6.50. The number of hydrogen-bond acceptors (Lipinski definition) is 2. The van der Waals surface area contributed by atoms with Crippen LogP contribution in [-0.4, -0.2) is 4.37 Å². The molecule has 18 heavy (non-hydrogen) atoms. The Balaban J connectivity index is 2.23. The molecule has 1 N–H and O–H groups in total. The second-order valence-electron chi connectivity index (χ2n) is 3.97. The first-order chi connectivity index (χ1) is 8.86. The fourth-order valence-electron chi connectivity index (χ4n) is 1.96. The van der Waals surface area contributed by atoms with Crippen LogP contribution in [0.2, 0.25) is 0 Å². The summed E-state index contributed by atoms with van der Waals surface area (Å²) in [5, 5.41) is 0. The minimum absolute atomic E-state index is 0.0231. The van der Waals surface area contributed by atoms with Crippen LogP contribution >= 0.6 is 11.5 Å². The molecule has 3 aromatic rings. The van der Waals surface area contributed by atoms with Crippen molar-refractivity contribution in [1.82, 2.24) is 4.37 Å².